The summed E-state index contributed by atoms with van der Waals surface area (Å²) in [6.45, 7) is 7.02. The van der Waals surface area contributed by atoms with E-state index in [1.165, 1.54) is 14.2 Å². The van der Waals surface area contributed by atoms with Gasteiger partial charge in [0.05, 0.1) is 20.1 Å². The van der Waals surface area contributed by atoms with Crippen LogP contribution in [0.1, 0.15) is 20.8 Å². The molecule has 21 heavy (non-hydrogen) atoms. The first-order valence-electron chi connectivity index (χ1n) is 6.73. The fourth-order valence-corrected chi connectivity index (χ4v) is 1.93. The van der Waals surface area contributed by atoms with Crippen LogP contribution in [0.25, 0.3) is 0 Å². The third-order valence-corrected chi connectivity index (χ3v) is 2.98. The van der Waals surface area contributed by atoms with Crippen LogP contribution >= 0.6 is 0 Å². The molecule has 0 spiro atoms. The maximum atomic E-state index is 12.0. The van der Waals surface area contributed by atoms with Crippen LogP contribution < -0.4 is 19.7 Å². The van der Waals surface area contributed by atoms with Gasteiger partial charge >= 0.3 is 12.0 Å². The summed E-state index contributed by atoms with van der Waals surface area (Å²) in [5, 5.41) is 2.97. The van der Waals surface area contributed by atoms with Gasteiger partial charge < -0.3 is 19.7 Å². The Labute approximate surface area is 123 Å². The second-order valence-electron chi connectivity index (χ2n) is 5.95. The SMILES string of the molecule is COc1nc(OC)nc(N2CC(C(=O)NC(C)(C)C)C2)n1. The molecule has 0 aromatic carbocycles. The zero-order valence-corrected chi connectivity index (χ0v) is 13.0. The minimum atomic E-state index is -0.225. The van der Waals surface area contributed by atoms with Crippen molar-refractivity contribution in [3.8, 4) is 12.0 Å². The smallest absolute Gasteiger partial charge is 0.324 e. The number of ether oxygens (including phenoxy) is 2. The molecule has 8 heteroatoms. The predicted octanol–water partition coefficient (Wildman–Crippen LogP) is 0.240. The van der Waals surface area contributed by atoms with Gasteiger partial charge in [-0.3, -0.25) is 4.79 Å². The summed E-state index contributed by atoms with van der Waals surface area (Å²) in [6, 6.07) is 0.388. The first kappa shape index (κ1) is 15.3. The van der Waals surface area contributed by atoms with Gasteiger partial charge in [0, 0.05) is 18.6 Å². The van der Waals surface area contributed by atoms with Gasteiger partial charge in [-0.25, -0.2) is 0 Å². The van der Waals surface area contributed by atoms with E-state index in [-0.39, 0.29) is 29.4 Å². The van der Waals surface area contributed by atoms with Gasteiger partial charge in [-0.15, -0.1) is 4.98 Å². The number of nitrogens with one attached hydrogen (secondary N) is 1. The lowest BCUT2D eigenvalue weighted by atomic mass is 9.98. The van der Waals surface area contributed by atoms with Crippen molar-refractivity contribution in [3.63, 3.8) is 0 Å². The average Bonchev–Trinajstić information content (AvgIpc) is 2.34. The molecule has 0 atom stereocenters. The minimum Gasteiger partial charge on any atom is -0.467 e. The van der Waals surface area contributed by atoms with Crippen LogP contribution in [-0.2, 0) is 4.79 Å². The first-order chi connectivity index (χ1) is 9.82. The molecule has 1 aromatic rings. The van der Waals surface area contributed by atoms with E-state index < -0.39 is 0 Å². The molecular weight excluding hydrogens is 274 g/mol. The second kappa shape index (κ2) is 5.71. The van der Waals surface area contributed by atoms with E-state index in [9.17, 15) is 4.79 Å². The first-order valence-corrected chi connectivity index (χ1v) is 6.73. The normalized spacial score (nSPS) is 15.4. The Morgan fingerprint density at radius 2 is 1.67 bits per heavy atom. The van der Waals surface area contributed by atoms with E-state index in [1.807, 2.05) is 25.7 Å². The molecule has 2 heterocycles. The molecule has 1 aromatic heterocycles. The number of nitrogens with zero attached hydrogens (tertiary/aromatic N) is 4. The molecule has 0 unspecified atom stereocenters. The summed E-state index contributed by atoms with van der Waals surface area (Å²) in [5.74, 6) is 0.447. The molecule has 0 radical (unpaired) electrons. The Morgan fingerprint density at radius 1 is 1.14 bits per heavy atom. The lowest BCUT2D eigenvalue weighted by molar-refractivity contribution is -0.127. The second-order valence-corrected chi connectivity index (χ2v) is 5.95. The Kier molecular flexibility index (Phi) is 4.15. The number of aromatic nitrogens is 3. The van der Waals surface area contributed by atoms with E-state index in [1.54, 1.807) is 0 Å². The van der Waals surface area contributed by atoms with Crippen LogP contribution in [0.2, 0.25) is 0 Å². The quantitative estimate of drug-likeness (QED) is 0.851. The van der Waals surface area contributed by atoms with Gasteiger partial charge in [-0.05, 0) is 20.8 Å². The number of hydrogen-bond donors (Lipinski definition) is 1. The van der Waals surface area contributed by atoms with Crippen LogP contribution in [0, 0.1) is 5.92 Å². The standard InChI is InChI=1S/C13H21N5O3/c1-13(2,3)17-9(19)8-6-18(7-8)10-14-11(20-4)16-12(15-10)21-5/h8H,6-7H2,1-5H3,(H,17,19). The van der Waals surface area contributed by atoms with Gasteiger partial charge in [-0.1, -0.05) is 0 Å². The molecule has 0 saturated carbocycles. The number of carbonyl (C=O) groups is 1. The van der Waals surface area contributed by atoms with E-state index in [0.29, 0.717) is 19.0 Å². The summed E-state index contributed by atoms with van der Waals surface area (Å²) in [4.78, 5) is 26.2. The summed E-state index contributed by atoms with van der Waals surface area (Å²) in [7, 11) is 2.96. The maximum absolute atomic E-state index is 12.0. The zero-order valence-electron chi connectivity index (χ0n) is 13.0. The van der Waals surface area contributed by atoms with Crippen molar-refractivity contribution in [2.24, 2.45) is 5.92 Å². The summed E-state index contributed by atoms with van der Waals surface area (Å²) < 4.78 is 10.0. The Balaban J connectivity index is 1.99. The molecular formula is C13H21N5O3. The van der Waals surface area contributed by atoms with Gasteiger partial charge in [0.1, 0.15) is 0 Å². The number of carbonyl (C=O) groups excluding carboxylic acids is 1. The third-order valence-electron chi connectivity index (χ3n) is 2.98. The summed E-state index contributed by atoms with van der Waals surface area (Å²) >= 11 is 0. The molecule has 0 aliphatic carbocycles. The average molecular weight is 295 g/mol. The molecule has 116 valence electrons. The van der Waals surface area contributed by atoms with Crippen molar-refractivity contribution in [1.82, 2.24) is 20.3 Å². The van der Waals surface area contributed by atoms with E-state index in [4.69, 9.17) is 9.47 Å². The summed E-state index contributed by atoms with van der Waals surface area (Å²) in [6.07, 6.45) is 0. The van der Waals surface area contributed by atoms with Crippen LogP contribution in [0.3, 0.4) is 0 Å². The third kappa shape index (κ3) is 3.71. The Hall–Kier alpha value is -2.12. The molecule has 8 nitrogen and oxygen atoms in total. The van der Waals surface area contributed by atoms with E-state index in [2.05, 4.69) is 20.3 Å². The molecule has 1 aliphatic rings. The van der Waals surface area contributed by atoms with Crippen LogP contribution in [0.4, 0.5) is 5.95 Å². The number of methoxy groups -OCH3 is 2. The van der Waals surface area contributed by atoms with Gasteiger partial charge in [0.2, 0.25) is 11.9 Å². The molecule has 2 rings (SSSR count). The van der Waals surface area contributed by atoms with Crippen LogP contribution in [-0.4, -0.2) is 53.7 Å². The van der Waals surface area contributed by atoms with Crippen molar-refractivity contribution in [3.05, 3.63) is 0 Å². The van der Waals surface area contributed by atoms with Crippen molar-refractivity contribution >= 4 is 11.9 Å². The van der Waals surface area contributed by atoms with Crippen molar-refractivity contribution in [1.29, 1.82) is 0 Å². The Morgan fingerprint density at radius 3 is 2.10 bits per heavy atom. The largest absolute Gasteiger partial charge is 0.467 e. The molecule has 1 aliphatic heterocycles. The molecule has 1 amide bonds. The topological polar surface area (TPSA) is 89.5 Å². The highest BCUT2D eigenvalue weighted by atomic mass is 16.5. The fourth-order valence-electron chi connectivity index (χ4n) is 1.93. The molecule has 0 bridgehead atoms. The highest BCUT2D eigenvalue weighted by Gasteiger charge is 2.36. The van der Waals surface area contributed by atoms with Crippen molar-refractivity contribution in [2.45, 2.75) is 26.3 Å². The summed E-state index contributed by atoms with van der Waals surface area (Å²) in [5.41, 5.74) is -0.225. The van der Waals surface area contributed by atoms with E-state index >= 15 is 0 Å². The highest BCUT2D eigenvalue weighted by molar-refractivity contribution is 5.82. The minimum absolute atomic E-state index is 0.0479. The molecule has 1 fully saturated rings. The van der Waals surface area contributed by atoms with Gasteiger partial charge in [0.25, 0.3) is 0 Å². The number of anilines is 1. The van der Waals surface area contributed by atoms with Crippen LogP contribution in [0.5, 0.6) is 12.0 Å². The Bertz CT molecular complexity index is 501. The number of amides is 1. The highest BCUT2D eigenvalue weighted by Crippen LogP contribution is 2.24. The van der Waals surface area contributed by atoms with Crippen LogP contribution in [0.15, 0.2) is 0 Å². The predicted molar refractivity (Wildman–Crippen MR) is 76.5 cm³/mol. The van der Waals surface area contributed by atoms with Crippen molar-refractivity contribution < 1.29 is 14.3 Å². The van der Waals surface area contributed by atoms with E-state index in [0.717, 1.165) is 0 Å². The zero-order chi connectivity index (χ0) is 15.6. The maximum Gasteiger partial charge on any atom is 0.324 e. The van der Waals surface area contributed by atoms with Gasteiger partial charge in [0.15, 0.2) is 0 Å². The lowest BCUT2D eigenvalue weighted by Gasteiger charge is -2.39. The van der Waals surface area contributed by atoms with Gasteiger partial charge in [-0.2, -0.15) is 9.97 Å². The van der Waals surface area contributed by atoms with Crippen molar-refractivity contribution in [2.75, 3.05) is 32.2 Å². The number of hydrogen-bond acceptors (Lipinski definition) is 7. The monoisotopic (exact) mass is 295 g/mol. The molecule has 1 N–H and O–H groups in total. The number of rotatable bonds is 4. The lowest BCUT2D eigenvalue weighted by Crippen LogP contribution is -2.57. The fraction of sp³-hybridized carbons (Fsp3) is 0.692. The molecule has 1 saturated heterocycles.